The molecule has 1 aromatic carbocycles. The number of allylic oxidation sites excluding steroid dienone is 5. The van der Waals surface area contributed by atoms with Gasteiger partial charge in [-0.15, -0.1) is 0 Å². The molecule has 0 atom stereocenters. The van der Waals surface area contributed by atoms with Crippen LogP contribution in [-0.4, -0.2) is 50.5 Å². The summed E-state index contributed by atoms with van der Waals surface area (Å²) in [4.78, 5) is 16.5. The van der Waals surface area contributed by atoms with E-state index in [9.17, 15) is 4.39 Å². The zero-order chi connectivity index (χ0) is 28.2. The molecule has 4 aromatic rings. The Morgan fingerprint density at radius 2 is 1.98 bits per heavy atom. The third kappa shape index (κ3) is 5.60. The largest absolute Gasteiger partial charge is 0.337 e. The van der Waals surface area contributed by atoms with Crippen LogP contribution in [0.3, 0.4) is 0 Å². The van der Waals surface area contributed by atoms with Crippen LogP contribution in [0.25, 0.3) is 27.6 Å². The predicted molar refractivity (Wildman–Crippen MR) is 164 cm³/mol. The van der Waals surface area contributed by atoms with E-state index in [4.69, 9.17) is 9.98 Å². The highest BCUT2D eigenvalue weighted by molar-refractivity contribution is 6.15. The lowest BCUT2D eigenvalue weighted by atomic mass is 9.99. The Bertz CT molecular complexity index is 1670. The van der Waals surface area contributed by atoms with Gasteiger partial charge in [0.2, 0.25) is 0 Å². The topological polar surface area (TPSA) is 82.1 Å². The number of pyridine rings is 2. The van der Waals surface area contributed by atoms with Gasteiger partial charge in [0.15, 0.2) is 5.84 Å². The van der Waals surface area contributed by atoms with Crippen molar-refractivity contribution in [1.29, 1.82) is 0 Å². The lowest BCUT2D eigenvalue weighted by Crippen LogP contribution is -2.20. The van der Waals surface area contributed by atoms with Gasteiger partial charge >= 0.3 is 0 Å². The number of amidine groups is 1. The van der Waals surface area contributed by atoms with Crippen LogP contribution in [0.15, 0.2) is 84.3 Å². The first-order valence-corrected chi connectivity index (χ1v) is 14.2. The maximum atomic E-state index is 14.6. The smallest absolute Gasteiger partial charge is 0.154 e. The highest BCUT2D eigenvalue weighted by atomic mass is 19.1. The maximum Gasteiger partial charge on any atom is 0.154 e. The summed E-state index contributed by atoms with van der Waals surface area (Å²) in [6, 6.07) is 8.79. The van der Waals surface area contributed by atoms with E-state index in [1.165, 1.54) is 37.6 Å². The van der Waals surface area contributed by atoms with Crippen molar-refractivity contribution < 1.29 is 4.39 Å². The van der Waals surface area contributed by atoms with Crippen molar-refractivity contribution in [3.8, 4) is 11.1 Å². The van der Waals surface area contributed by atoms with E-state index in [-0.39, 0.29) is 5.82 Å². The van der Waals surface area contributed by atoms with Gasteiger partial charge in [0.05, 0.1) is 35.8 Å². The van der Waals surface area contributed by atoms with E-state index in [0.29, 0.717) is 23.6 Å². The molecule has 1 fully saturated rings. The SMILES string of the molecule is C=C/C(=C\C(=C/C)c1cc2c(C3=NCc4c(cncc4-c4ccccc4F)N3)n[nH]c2cn1)CCCN1CCCC1. The minimum Gasteiger partial charge on any atom is -0.337 e. The highest BCUT2D eigenvalue weighted by Crippen LogP contribution is 2.33. The molecule has 0 aliphatic carbocycles. The van der Waals surface area contributed by atoms with E-state index in [1.54, 1.807) is 24.5 Å². The molecule has 8 heteroatoms. The van der Waals surface area contributed by atoms with E-state index in [1.807, 2.05) is 25.3 Å². The average Bonchev–Trinajstić information content (AvgIpc) is 3.68. The minimum absolute atomic E-state index is 0.282. The van der Waals surface area contributed by atoms with E-state index >= 15 is 0 Å². The minimum atomic E-state index is -0.282. The van der Waals surface area contributed by atoms with Crippen molar-refractivity contribution in [2.24, 2.45) is 4.99 Å². The normalized spacial score (nSPS) is 16.0. The van der Waals surface area contributed by atoms with Gasteiger partial charge < -0.3 is 10.2 Å². The van der Waals surface area contributed by atoms with Crippen LogP contribution >= 0.6 is 0 Å². The molecule has 0 amide bonds. The first-order valence-electron chi connectivity index (χ1n) is 14.2. The number of H-pyrrole nitrogens is 1. The van der Waals surface area contributed by atoms with Crippen molar-refractivity contribution in [2.45, 2.75) is 39.2 Å². The molecule has 0 spiro atoms. The zero-order valence-electron chi connectivity index (χ0n) is 23.3. The number of aliphatic imine (C=N–C) groups is 1. The summed E-state index contributed by atoms with van der Waals surface area (Å²) in [5.74, 6) is 0.357. The number of rotatable bonds is 9. The molecule has 2 aliphatic heterocycles. The second-order valence-corrected chi connectivity index (χ2v) is 10.5. The molecule has 0 unspecified atom stereocenters. The van der Waals surface area contributed by atoms with Crippen LogP contribution in [0.4, 0.5) is 10.1 Å². The quantitative estimate of drug-likeness (QED) is 0.222. The maximum absolute atomic E-state index is 14.6. The lowest BCUT2D eigenvalue weighted by molar-refractivity contribution is 0.334. The van der Waals surface area contributed by atoms with Gasteiger partial charge in [-0.25, -0.2) is 4.39 Å². The number of hydrogen-bond acceptors (Lipinski definition) is 6. The standard InChI is InChI=1S/C33H34FN7/c1-3-22(10-9-15-41-13-7-8-14-41)16-23(4-2)29-17-25-31(21-36-29)39-40-32(25)33-37-19-27-26(18-35-20-30(27)38-33)24-11-5-6-12-28(24)34/h3-6,11-12,16-18,20-21H,1,7-10,13-15,19H2,2H3,(H,37,38)(H,39,40)/b22-16+,23-4+. The molecule has 3 aromatic heterocycles. The van der Waals surface area contributed by atoms with Gasteiger partial charge in [-0.1, -0.05) is 36.9 Å². The van der Waals surface area contributed by atoms with E-state index in [0.717, 1.165) is 58.4 Å². The van der Waals surface area contributed by atoms with Gasteiger partial charge in [-0.3, -0.25) is 20.1 Å². The summed E-state index contributed by atoms with van der Waals surface area (Å²) in [7, 11) is 0. The van der Waals surface area contributed by atoms with Crippen LogP contribution in [0.2, 0.25) is 0 Å². The van der Waals surface area contributed by atoms with Crippen molar-refractivity contribution in [2.75, 3.05) is 25.0 Å². The summed E-state index contributed by atoms with van der Waals surface area (Å²) >= 11 is 0. The summed E-state index contributed by atoms with van der Waals surface area (Å²) in [5, 5.41) is 12.0. The number of hydrogen-bond donors (Lipinski definition) is 2. The van der Waals surface area contributed by atoms with Gasteiger partial charge in [0.25, 0.3) is 0 Å². The van der Waals surface area contributed by atoms with Gasteiger partial charge in [-0.05, 0) is 81.6 Å². The third-order valence-corrected chi connectivity index (χ3v) is 7.89. The van der Waals surface area contributed by atoms with Gasteiger partial charge in [0.1, 0.15) is 11.5 Å². The third-order valence-electron chi connectivity index (χ3n) is 7.89. The fourth-order valence-corrected chi connectivity index (χ4v) is 5.64. The van der Waals surface area contributed by atoms with E-state index in [2.05, 4.69) is 50.2 Å². The number of likely N-dealkylation sites (tertiary alicyclic amines) is 1. The molecular formula is C33H34FN7. The molecule has 5 heterocycles. The first kappa shape index (κ1) is 26.8. The number of anilines is 1. The van der Waals surface area contributed by atoms with Crippen LogP contribution in [0, 0.1) is 5.82 Å². The number of fused-ring (bicyclic) bond motifs is 2. The molecule has 2 N–H and O–H groups in total. The van der Waals surface area contributed by atoms with Crippen LogP contribution < -0.4 is 5.32 Å². The fraction of sp³-hybridized carbons (Fsp3) is 0.273. The second kappa shape index (κ2) is 12.0. The summed E-state index contributed by atoms with van der Waals surface area (Å²) in [6.45, 7) is 10.1. The number of aromatic amines is 1. The Hall–Kier alpha value is -4.43. The Morgan fingerprint density at radius 1 is 1.12 bits per heavy atom. The van der Waals surface area contributed by atoms with Gasteiger partial charge in [-0.2, -0.15) is 5.10 Å². The summed E-state index contributed by atoms with van der Waals surface area (Å²) in [6.07, 6.45) is 16.2. The molecular weight excluding hydrogens is 513 g/mol. The van der Waals surface area contributed by atoms with Crippen molar-refractivity contribution >= 4 is 28.0 Å². The Balaban J connectivity index is 1.25. The fourth-order valence-electron chi connectivity index (χ4n) is 5.64. The first-order chi connectivity index (χ1) is 20.1. The zero-order valence-corrected chi connectivity index (χ0v) is 23.3. The number of benzene rings is 1. The van der Waals surface area contributed by atoms with Crippen molar-refractivity contribution in [3.05, 3.63) is 102 Å². The van der Waals surface area contributed by atoms with E-state index < -0.39 is 0 Å². The molecule has 0 saturated carbocycles. The molecule has 6 rings (SSSR count). The molecule has 208 valence electrons. The Kier molecular flexibility index (Phi) is 7.82. The molecule has 41 heavy (non-hydrogen) atoms. The summed E-state index contributed by atoms with van der Waals surface area (Å²) < 4.78 is 14.6. The Labute approximate surface area is 239 Å². The number of nitrogens with one attached hydrogen (secondary N) is 2. The molecule has 0 radical (unpaired) electrons. The van der Waals surface area contributed by atoms with Crippen LogP contribution in [0.5, 0.6) is 0 Å². The Morgan fingerprint density at radius 3 is 2.78 bits per heavy atom. The van der Waals surface area contributed by atoms with Gasteiger partial charge in [0, 0.05) is 28.3 Å². The molecule has 2 aliphatic rings. The highest BCUT2D eigenvalue weighted by Gasteiger charge is 2.22. The predicted octanol–water partition coefficient (Wildman–Crippen LogP) is 6.92. The average molecular weight is 548 g/mol. The number of nitrogens with zero attached hydrogens (tertiary/aromatic N) is 5. The molecule has 7 nitrogen and oxygen atoms in total. The molecule has 0 bridgehead atoms. The second-order valence-electron chi connectivity index (χ2n) is 10.5. The molecule has 1 saturated heterocycles. The van der Waals surface area contributed by atoms with Crippen LogP contribution in [-0.2, 0) is 6.54 Å². The number of aromatic nitrogens is 4. The van der Waals surface area contributed by atoms with Crippen molar-refractivity contribution in [1.82, 2.24) is 25.1 Å². The van der Waals surface area contributed by atoms with Crippen LogP contribution in [0.1, 0.15) is 49.6 Å². The number of halogens is 1. The monoisotopic (exact) mass is 547 g/mol. The summed E-state index contributed by atoms with van der Waals surface area (Å²) in [5.41, 5.74) is 7.59. The van der Waals surface area contributed by atoms with Crippen molar-refractivity contribution in [3.63, 3.8) is 0 Å². The lowest BCUT2D eigenvalue weighted by Gasteiger charge is -2.20.